The van der Waals surface area contributed by atoms with Gasteiger partial charge in [0, 0.05) is 11.1 Å². The van der Waals surface area contributed by atoms with E-state index in [1.54, 1.807) is 0 Å². The molecule has 2 aliphatic heterocycles. The van der Waals surface area contributed by atoms with E-state index in [2.05, 4.69) is 36.4 Å². The molecule has 34 heavy (non-hydrogen) atoms. The third-order valence-electron chi connectivity index (χ3n) is 7.82. The first-order valence-corrected chi connectivity index (χ1v) is 12.8. The van der Waals surface area contributed by atoms with E-state index in [0.717, 1.165) is 36.8 Å². The molecular formula is C28H34O6. The van der Waals surface area contributed by atoms with E-state index in [9.17, 15) is 10.2 Å². The summed E-state index contributed by atoms with van der Waals surface area (Å²) in [4.78, 5) is 0. The summed E-state index contributed by atoms with van der Waals surface area (Å²) in [6, 6.07) is 12.8. The first-order valence-electron chi connectivity index (χ1n) is 12.8. The predicted octanol–water partition coefficient (Wildman–Crippen LogP) is 3.69. The first-order chi connectivity index (χ1) is 16.7. The molecule has 2 aromatic carbocycles. The molecule has 4 aliphatic rings. The molecule has 0 saturated carbocycles. The summed E-state index contributed by atoms with van der Waals surface area (Å²) in [6.07, 6.45) is 5.39. The Balaban J connectivity index is 1.22. The van der Waals surface area contributed by atoms with Crippen LogP contribution >= 0.6 is 0 Å². The summed E-state index contributed by atoms with van der Waals surface area (Å²) in [5, 5.41) is 20.4. The molecule has 0 bridgehead atoms. The Kier molecular flexibility index (Phi) is 6.45. The molecule has 6 unspecified atom stereocenters. The molecule has 2 aliphatic carbocycles. The quantitative estimate of drug-likeness (QED) is 0.716. The van der Waals surface area contributed by atoms with Crippen LogP contribution in [0.2, 0.25) is 0 Å². The summed E-state index contributed by atoms with van der Waals surface area (Å²) in [6.45, 7) is -0.0651. The van der Waals surface area contributed by atoms with Gasteiger partial charge < -0.3 is 29.2 Å². The molecule has 2 heterocycles. The first kappa shape index (κ1) is 22.7. The minimum Gasteiger partial charge on any atom is -0.394 e. The predicted molar refractivity (Wildman–Crippen MR) is 125 cm³/mol. The smallest absolute Gasteiger partial charge is 0.184 e. The van der Waals surface area contributed by atoms with Gasteiger partial charge in [-0.15, -0.1) is 0 Å². The molecule has 0 aromatic heterocycles. The Bertz CT molecular complexity index is 1020. The van der Waals surface area contributed by atoms with Gasteiger partial charge in [-0.25, -0.2) is 0 Å². The van der Waals surface area contributed by atoms with Crippen LogP contribution in [0.25, 0.3) is 0 Å². The van der Waals surface area contributed by atoms with E-state index in [0.29, 0.717) is 6.61 Å². The second kappa shape index (κ2) is 9.69. The van der Waals surface area contributed by atoms with Gasteiger partial charge in [-0.1, -0.05) is 36.4 Å². The molecule has 0 radical (unpaired) electrons. The Labute approximate surface area is 200 Å². The zero-order valence-corrected chi connectivity index (χ0v) is 19.5. The molecule has 6 heteroatoms. The van der Waals surface area contributed by atoms with Crippen molar-refractivity contribution in [3.63, 3.8) is 0 Å². The second-order valence-electron chi connectivity index (χ2n) is 10.1. The highest BCUT2D eigenvalue weighted by molar-refractivity contribution is 5.35. The fourth-order valence-corrected chi connectivity index (χ4v) is 5.91. The fourth-order valence-electron chi connectivity index (χ4n) is 5.91. The topological polar surface area (TPSA) is 77.4 Å². The summed E-state index contributed by atoms with van der Waals surface area (Å²) >= 11 is 0. The van der Waals surface area contributed by atoms with Gasteiger partial charge in [0.1, 0.15) is 24.4 Å². The minimum absolute atomic E-state index is 0.339. The van der Waals surface area contributed by atoms with Gasteiger partial charge >= 0.3 is 0 Å². The second-order valence-corrected chi connectivity index (χ2v) is 10.1. The zero-order valence-electron chi connectivity index (χ0n) is 19.5. The van der Waals surface area contributed by atoms with Gasteiger partial charge in [0.15, 0.2) is 12.6 Å². The van der Waals surface area contributed by atoms with Crippen molar-refractivity contribution >= 4 is 0 Å². The third-order valence-corrected chi connectivity index (χ3v) is 7.82. The average Bonchev–Trinajstić information content (AvgIpc) is 2.91. The van der Waals surface area contributed by atoms with Crippen molar-refractivity contribution in [3.05, 3.63) is 69.8 Å². The lowest BCUT2D eigenvalue weighted by Gasteiger charge is -2.47. The number of hydrogen-bond acceptors (Lipinski definition) is 6. The van der Waals surface area contributed by atoms with E-state index in [4.69, 9.17) is 18.9 Å². The van der Waals surface area contributed by atoms with Crippen LogP contribution < -0.4 is 0 Å². The highest BCUT2D eigenvalue weighted by atomic mass is 16.8. The normalized spacial score (nSPS) is 31.8. The number of aliphatic hydroxyl groups excluding tert-OH is 2. The van der Waals surface area contributed by atoms with Crippen LogP contribution in [-0.2, 0) is 44.6 Å². The number of aliphatic hydroxyl groups is 2. The van der Waals surface area contributed by atoms with Crippen molar-refractivity contribution in [1.82, 2.24) is 0 Å². The summed E-state index contributed by atoms with van der Waals surface area (Å²) in [7, 11) is 0. The maximum absolute atomic E-state index is 10.6. The molecule has 0 amide bonds. The summed E-state index contributed by atoms with van der Waals surface area (Å²) in [5.41, 5.74) is 7.44. The minimum atomic E-state index is -1.07. The van der Waals surface area contributed by atoms with Crippen LogP contribution in [0.4, 0.5) is 0 Å². The number of ether oxygens (including phenoxy) is 4. The van der Waals surface area contributed by atoms with Crippen molar-refractivity contribution in [2.75, 3.05) is 13.2 Å². The molecule has 2 N–H and O–H groups in total. The van der Waals surface area contributed by atoms with Crippen molar-refractivity contribution in [1.29, 1.82) is 0 Å². The summed E-state index contributed by atoms with van der Waals surface area (Å²) in [5.74, 6) is 0. The van der Waals surface area contributed by atoms with E-state index < -0.39 is 43.6 Å². The Morgan fingerprint density at radius 2 is 1.32 bits per heavy atom. The van der Waals surface area contributed by atoms with Crippen LogP contribution in [0.1, 0.15) is 71.6 Å². The number of fused-ring (bicyclic) bond motifs is 3. The van der Waals surface area contributed by atoms with E-state index >= 15 is 0 Å². The van der Waals surface area contributed by atoms with Gasteiger partial charge in [-0.05, 0) is 73.6 Å². The molecule has 6 rings (SSSR count). The lowest BCUT2D eigenvalue weighted by atomic mass is 9.90. The number of aryl methyl sites for hydroxylation is 4. The van der Waals surface area contributed by atoms with Crippen molar-refractivity contribution in [2.24, 2.45) is 0 Å². The lowest BCUT2D eigenvalue weighted by molar-refractivity contribution is -0.373. The standard InChI is InChI=1S/C28H34O6/c29-15-23(30)25-26-24(32-28(33-25)22-12-10-18-6-2-4-8-20(18)14-22)16-31-27(34-26)21-11-9-17-5-1-3-7-19(17)13-21/h9-14,23-30H,1-8,15-16H2. The molecule has 2 aromatic rings. The molecular weight excluding hydrogens is 432 g/mol. The summed E-state index contributed by atoms with van der Waals surface area (Å²) < 4.78 is 25.0. The Morgan fingerprint density at radius 3 is 1.94 bits per heavy atom. The van der Waals surface area contributed by atoms with E-state index in [1.807, 2.05) is 0 Å². The number of hydrogen-bond donors (Lipinski definition) is 2. The largest absolute Gasteiger partial charge is 0.394 e. The molecule has 2 saturated heterocycles. The molecule has 182 valence electrons. The van der Waals surface area contributed by atoms with Gasteiger partial charge in [-0.2, -0.15) is 0 Å². The van der Waals surface area contributed by atoms with Gasteiger partial charge in [0.25, 0.3) is 0 Å². The molecule has 6 nitrogen and oxygen atoms in total. The van der Waals surface area contributed by atoms with Gasteiger partial charge in [0.2, 0.25) is 0 Å². The van der Waals surface area contributed by atoms with Gasteiger partial charge in [-0.3, -0.25) is 0 Å². The SMILES string of the molecule is OCC(O)C1OC(c2ccc3c(c2)CCCC3)OC2COC(c3ccc4c(c3)CCCC4)OC21. The number of benzene rings is 2. The highest BCUT2D eigenvalue weighted by Gasteiger charge is 2.48. The van der Waals surface area contributed by atoms with Crippen molar-refractivity contribution < 1.29 is 29.2 Å². The zero-order chi connectivity index (χ0) is 23.1. The Morgan fingerprint density at radius 1 is 0.735 bits per heavy atom. The third kappa shape index (κ3) is 4.32. The van der Waals surface area contributed by atoms with Crippen LogP contribution in [-0.4, -0.2) is 47.8 Å². The van der Waals surface area contributed by atoms with Gasteiger partial charge in [0.05, 0.1) is 13.2 Å². The van der Waals surface area contributed by atoms with Crippen LogP contribution in [0.15, 0.2) is 36.4 Å². The lowest BCUT2D eigenvalue weighted by Crippen LogP contribution is -2.58. The van der Waals surface area contributed by atoms with Crippen LogP contribution in [0.5, 0.6) is 0 Å². The van der Waals surface area contributed by atoms with Crippen molar-refractivity contribution in [2.45, 2.75) is 88.4 Å². The van der Waals surface area contributed by atoms with E-state index in [1.165, 1.54) is 47.9 Å². The molecule has 0 spiro atoms. The van der Waals surface area contributed by atoms with Crippen molar-refractivity contribution in [3.8, 4) is 0 Å². The fraction of sp³-hybridized carbons (Fsp3) is 0.571. The van der Waals surface area contributed by atoms with E-state index in [-0.39, 0.29) is 0 Å². The maximum atomic E-state index is 10.6. The number of rotatable bonds is 4. The monoisotopic (exact) mass is 466 g/mol. The van der Waals surface area contributed by atoms with Crippen LogP contribution in [0.3, 0.4) is 0 Å². The average molecular weight is 467 g/mol. The molecule has 6 atom stereocenters. The maximum Gasteiger partial charge on any atom is 0.184 e. The van der Waals surface area contributed by atoms with Crippen LogP contribution in [0, 0.1) is 0 Å². The molecule has 2 fully saturated rings. The Hall–Kier alpha value is -1.80. The highest BCUT2D eigenvalue weighted by Crippen LogP contribution is 2.40.